The first kappa shape index (κ1) is 21.4. The van der Waals surface area contributed by atoms with Crippen molar-refractivity contribution in [1.29, 1.82) is 0 Å². The van der Waals surface area contributed by atoms with Crippen LogP contribution in [0.3, 0.4) is 0 Å². The normalized spacial score (nSPS) is 25.3. The number of likely N-dealkylation sites (tertiary alicyclic amines) is 1. The fourth-order valence-electron chi connectivity index (χ4n) is 4.70. The summed E-state index contributed by atoms with van der Waals surface area (Å²) < 4.78 is 10.7. The summed E-state index contributed by atoms with van der Waals surface area (Å²) in [6.07, 6.45) is 4.17. The van der Waals surface area contributed by atoms with Crippen molar-refractivity contribution in [3.8, 4) is 11.5 Å². The molecule has 156 valence electrons. The molecule has 2 aromatic rings. The van der Waals surface area contributed by atoms with Crippen LogP contribution in [0.1, 0.15) is 37.8 Å². The number of hydrogen-bond acceptors (Lipinski definition) is 4. The zero-order chi connectivity index (χ0) is 20.9. The lowest BCUT2D eigenvalue weighted by Gasteiger charge is -2.49. The molecule has 1 aliphatic heterocycles. The maximum atomic E-state index is 5.40. The predicted octanol–water partition coefficient (Wildman–Crippen LogP) is 4.81. The molecule has 0 bridgehead atoms. The van der Waals surface area contributed by atoms with Gasteiger partial charge in [0.15, 0.2) is 11.5 Å². The lowest BCUT2D eigenvalue weighted by molar-refractivity contribution is 0.0705. The van der Waals surface area contributed by atoms with E-state index >= 15 is 0 Å². The van der Waals surface area contributed by atoms with Crippen LogP contribution >= 0.6 is 0 Å². The third-order valence-corrected chi connectivity index (χ3v) is 6.60. The van der Waals surface area contributed by atoms with Crippen LogP contribution in [-0.4, -0.2) is 51.5 Å². The first-order chi connectivity index (χ1) is 14.0. The van der Waals surface area contributed by atoms with E-state index in [1.165, 1.54) is 12.0 Å². The van der Waals surface area contributed by atoms with E-state index in [0.717, 1.165) is 36.6 Å². The third kappa shape index (κ3) is 4.64. The first-order valence-electron chi connectivity index (χ1n) is 10.5. The molecule has 29 heavy (non-hydrogen) atoms. The first-order valence-corrected chi connectivity index (χ1v) is 10.5. The summed E-state index contributed by atoms with van der Waals surface area (Å²) in [6.45, 7) is 6.67. The van der Waals surface area contributed by atoms with Crippen molar-refractivity contribution in [2.24, 2.45) is 10.9 Å². The number of methoxy groups -OCH3 is 2. The Labute approximate surface area is 175 Å². The Morgan fingerprint density at radius 3 is 2.48 bits per heavy atom. The maximum absolute atomic E-state index is 5.40. The standard InChI is InChI=1S/C25H34N2O2/c1-19-18-27(3)20(2)16-25(19,22-9-7-6-8-10-22)13-14-26-17-21-11-12-23(28-4)24(15-21)29-5/h6-12,15,17,19-20H,13-14,16,18H2,1-5H3/t19-,20-,25+/m0/s1. The number of benzene rings is 2. The van der Waals surface area contributed by atoms with E-state index in [4.69, 9.17) is 14.5 Å². The van der Waals surface area contributed by atoms with Crippen LogP contribution in [0, 0.1) is 5.92 Å². The molecule has 1 aliphatic rings. The van der Waals surface area contributed by atoms with Crippen LogP contribution in [-0.2, 0) is 5.41 Å². The fraction of sp³-hybridized carbons (Fsp3) is 0.480. The number of aliphatic imine (C=N–C) groups is 1. The minimum Gasteiger partial charge on any atom is -0.493 e. The minimum atomic E-state index is 0.169. The lowest BCUT2D eigenvalue weighted by atomic mass is 9.63. The Morgan fingerprint density at radius 1 is 1.07 bits per heavy atom. The van der Waals surface area contributed by atoms with Crippen molar-refractivity contribution in [3.05, 3.63) is 59.7 Å². The van der Waals surface area contributed by atoms with E-state index in [1.807, 2.05) is 24.4 Å². The van der Waals surface area contributed by atoms with Gasteiger partial charge in [0.25, 0.3) is 0 Å². The lowest BCUT2D eigenvalue weighted by Crippen LogP contribution is -2.51. The average Bonchev–Trinajstić information content (AvgIpc) is 2.75. The second-order valence-corrected chi connectivity index (χ2v) is 8.32. The Kier molecular flexibility index (Phi) is 6.96. The van der Waals surface area contributed by atoms with Crippen molar-refractivity contribution in [2.45, 2.75) is 38.1 Å². The summed E-state index contributed by atoms with van der Waals surface area (Å²) in [7, 11) is 5.55. The molecule has 2 aromatic carbocycles. The van der Waals surface area contributed by atoms with Gasteiger partial charge in [-0.05, 0) is 62.1 Å². The molecule has 4 nitrogen and oxygen atoms in total. The monoisotopic (exact) mass is 394 g/mol. The number of hydrogen-bond donors (Lipinski definition) is 0. The zero-order valence-corrected chi connectivity index (χ0v) is 18.4. The van der Waals surface area contributed by atoms with E-state index in [-0.39, 0.29) is 5.41 Å². The van der Waals surface area contributed by atoms with Gasteiger partial charge < -0.3 is 14.4 Å². The van der Waals surface area contributed by atoms with Crippen molar-refractivity contribution in [1.82, 2.24) is 4.90 Å². The minimum absolute atomic E-state index is 0.169. The molecule has 1 fully saturated rings. The Hall–Kier alpha value is -2.33. The highest BCUT2D eigenvalue weighted by atomic mass is 16.5. The summed E-state index contributed by atoms with van der Waals surface area (Å²) in [5.74, 6) is 2.05. The van der Waals surface area contributed by atoms with E-state index in [9.17, 15) is 0 Å². The summed E-state index contributed by atoms with van der Waals surface area (Å²) >= 11 is 0. The number of rotatable bonds is 7. The van der Waals surface area contributed by atoms with Gasteiger partial charge in [-0.15, -0.1) is 0 Å². The third-order valence-electron chi connectivity index (χ3n) is 6.60. The van der Waals surface area contributed by atoms with E-state index in [2.05, 4.69) is 56.1 Å². The summed E-state index contributed by atoms with van der Waals surface area (Å²) in [5.41, 5.74) is 2.65. The Bertz CT molecular complexity index is 821. The van der Waals surface area contributed by atoms with Gasteiger partial charge in [-0.1, -0.05) is 37.3 Å². The van der Waals surface area contributed by atoms with Gasteiger partial charge >= 0.3 is 0 Å². The smallest absolute Gasteiger partial charge is 0.161 e. The molecule has 0 aliphatic carbocycles. The summed E-state index contributed by atoms with van der Waals surface area (Å²) in [4.78, 5) is 7.27. The van der Waals surface area contributed by atoms with Gasteiger partial charge in [0, 0.05) is 30.8 Å². The predicted molar refractivity (Wildman–Crippen MR) is 121 cm³/mol. The van der Waals surface area contributed by atoms with Crippen LogP contribution in [0.2, 0.25) is 0 Å². The quantitative estimate of drug-likeness (QED) is 0.632. The van der Waals surface area contributed by atoms with Crippen molar-refractivity contribution in [2.75, 3.05) is 34.4 Å². The second kappa shape index (κ2) is 9.45. The molecule has 0 radical (unpaired) electrons. The zero-order valence-electron chi connectivity index (χ0n) is 18.4. The van der Waals surface area contributed by atoms with Gasteiger partial charge in [0.05, 0.1) is 14.2 Å². The second-order valence-electron chi connectivity index (χ2n) is 8.32. The Balaban J connectivity index is 1.77. The number of nitrogens with zero attached hydrogens (tertiary/aromatic N) is 2. The van der Waals surface area contributed by atoms with E-state index in [1.54, 1.807) is 14.2 Å². The fourth-order valence-corrected chi connectivity index (χ4v) is 4.70. The molecule has 3 atom stereocenters. The topological polar surface area (TPSA) is 34.1 Å². The van der Waals surface area contributed by atoms with Crippen LogP contribution in [0.4, 0.5) is 0 Å². The van der Waals surface area contributed by atoms with Crippen LogP contribution in [0.25, 0.3) is 0 Å². The molecule has 0 amide bonds. The summed E-state index contributed by atoms with van der Waals surface area (Å²) in [5, 5.41) is 0. The van der Waals surface area contributed by atoms with E-state index in [0.29, 0.717) is 12.0 Å². The molecular formula is C25H34N2O2. The van der Waals surface area contributed by atoms with Gasteiger partial charge in [-0.3, -0.25) is 4.99 Å². The molecule has 1 saturated heterocycles. The molecular weight excluding hydrogens is 360 g/mol. The van der Waals surface area contributed by atoms with Crippen molar-refractivity contribution in [3.63, 3.8) is 0 Å². The maximum Gasteiger partial charge on any atom is 0.161 e. The van der Waals surface area contributed by atoms with Gasteiger partial charge in [-0.25, -0.2) is 0 Å². The molecule has 0 N–H and O–H groups in total. The summed E-state index contributed by atoms with van der Waals surface area (Å²) in [6, 6.07) is 17.5. The Morgan fingerprint density at radius 2 is 1.79 bits per heavy atom. The molecule has 0 unspecified atom stereocenters. The molecule has 0 spiro atoms. The largest absolute Gasteiger partial charge is 0.493 e. The number of piperidine rings is 1. The van der Waals surface area contributed by atoms with Crippen molar-refractivity contribution >= 4 is 6.21 Å². The highest BCUT2D eigenvalue weighted by Crippen LogP contribution is 2.44. The molecule has 4 heteroatoms. The molecule has 3 rings (SSSR count). The van der Waals surface area contributed by atoms with Crippen molar-refractivity contribution < 1.29 is 9.47 Å². The highest BCUT2D eigenvalue weighted by Gasteiger charge is 2.43. The van der Waals surface area contributed by atoms with Crippen LogP contribution in [0.5, 0.6) is 11.5 Å². The van der Waals surface area contributed by atoms with Gasteiger partial charge in [-0.2, -0.15) is 0 Å². The van der Waals surface area contributed by atoms with Crippen LogP contribution < -0.4 is 9.47 Å². The highest BCUT2D eigenvalue weighted by molar-refractivity contribution is 5.80. The molecule has 0 aromatic heterocycles. The van der Waals surface area contributed by atoms with Crippen LogP contribution in [0.15, 0.2) is 53.5 Å². The SMILES string of the molecule is COc1ccc(C=NCC[C@@]2(c3ccccc3)C[C@H](C)N(C)C[C@@H]2C)cc1OC. The number of ether oxygens (including phenoxy) is 2. The van der Waals surface area contributed by atoms with E-state index < -0.39 is 0 Å². The molecule has 0 saturated carbocycles. The molecule has 1 heterocycles. The average molecular weight is 395 g/mol. The van der Waals surface area contributed by atoms with Gasteiger partial charge in [0.1, 0.15) is 0 Å². The van der Waals surface area contributed by atoms with Gasteiger partial charge in [0.2, 0.25) is 0 Å².